The molecule has 1 amide bonds. The lowest BCUT2D eigenvalue weighted by atomic mass is 10.2. The minimum atomic E-state index is -0.477. The summed E-state index contributed by atoms with van der Waals surface area (Å²) in [5, 5.41) is 13.0. The lowest BCUT2D eigenvalue weighted by Crippen LogP contribution is -2.10. The number of methoxy groups -OCH3 is 1. The third kappa shape index (κ3) is 3.28. The van der Waals surface area contributed by atoms with Crippen LogP contribution in [0.2, 0.25) is 0 Å². The summed E-state index contributed by atoms with van der Waals surface area (Å²) in [4.78, 5) is 11.1. The normalized spacial score (nSPS) is 10.2. The number of rotatable bonds is 4. The molecule has 0 saturated heterocycles. The van der Waals surface area contributed by atoms with Gasteiger partial charge in [-0.3, -0.25) is 10.4 Å². The molecule has 106 valence electrons. The van der Waals surface area contributed by atoms with Crippen molar-refractivity contribution in [2.24, 2.45) is 0 Å². The van der Waals surface area contributed by atoms with E-state index in [-0.39, 0.29) is 0 Å². The number of aromatic nitrogens is 2. The fourth-order valence-electron chi connectivity index (χ4n) is 1.87. The van der Waals surface area contributed by atoms with Gasteiger partial charge in [0, 0.05) is 29.2 Å². The number of hydrogen-bond acceptors (Lipinski definition) is 4. The summed E-state index contributed by atoms with van der Waals surface area (Å²) in [6, 6.07) is 7.43. The monoisotopic (exact) mass is 274 g/mol. The fourth-order valence-corrected chi connectivity index (χ4v) is 1.87. The first-order chi connectivity index (χ1) is 9.60. The van der Waals surface area contributed by atoms with Crippen molar-refractivity contribution >= 4 is 17.5 Å². The predicted octanol–water partition coefficient (Wildman–Crippen LogP) is 2.82. The summed E-state index contributed by atoms with van der Waals surface area (Å²) < 4.78 is 4.53. The Balaban J connectivity index is 1.96. The van der Waals surface area contributed by atoms with Gasteiger partial charge >= 0.3 is 6.09 Å². The number of hydrogen-bond donors (Lipinski definition) is 3. The molecule has 2 rings (SSSR count). The maximum absolute atomic E-state index is 11.1. The first-order valence-corrected chi connectivity index (χ1v) is 6.29. The van der Waals surface area contributed by atoms with Gasteiger partial charge < -0.3 is 10.1 Å². The molecule has 0 bridgehead atoms. The molecule has 0 aliphatic carbocycles. The molecule has 6 nitrogen and oxygen atoms in total. The molecule has 0 saturated carbocycles. The number of carbonyl (C=O) groups excluding carboxylic acids is 1. The summed E-state index contributed by atoms with van der Waals surface area (Å²) in [7, 11) is 1.33. The van der Waals surface area contributed by atoms with E-state index in [1.54, 1.807) is 0 Å². The molecule has 0 atom stereocenters. The molecular weight excluding hydrogens is 256 g/mol. The molecule has 0 radical (unpaired) electrons. The molecule has 0 unspecified atom stereocenters. The molecule has 0 spiro atoms. The Morgan fingerprint density at radius 3 is 2.45 bits per heavy atom. The van der Waals surface area contributed by atoms with Crippen molar-refractivity contribution in [3.05, 3.63) is 41.2 Å². The number of anilines is 2. The third-order valence-electron chi connectivity index (χ3n) is 3.07. The summed E-state index contributed by atoms with van der Waals surface area (Å²) in [5.74, 6) is 0. The minimum absolute atomic E-state index is 0.477. The van der Waals surface area contributed by atoms with Gasteiger partial charge in [0.15, 0.2) is 0 Å². The summed E-state index contributed by atoms with van der Waals surface area (Å²) in [6.45, 7) is 4.68. The molecule has 2 aromatic rings. The highest BCUT2D eigenvalue weighted by Gasteiger charge is 2.06. The number of aryl methyl sites for hydroxylation is 2. The van der Waals surface area contributed by atoms with E-state index in [0.29, 0.717) is 12.2 Å². The molecule has 20 heavy (non-hydrogen) atoms. The van der Waals surface area contributed by atoms with Crippen molar-refractivity contribution in [2.75, 3.05) is 17.7 Å². The summed E-state index contributed by atoms with van der Waals surface area (Å²) >= 11 is 0. The van der Waals surface area contributed by atoms with Crippen molar-refractivity contribution < 1.29 is 9.53 Å². The summed E-state index contributed by atoms with van der Waals surface area (Å²) in [6.07, 6.45) is -0.477. The van der Waals surface area contributed by atoms with E-state index in [1.807, 2.05) is 38.1 Å². The Labute approximate surface area is 117 Å². The van der Waals surface area contributed by atoms with E-state index in [1.165, 1.54) is 12.7 Å². The summed E-state index contributed by atoms with van der Waals surface area (Å²) in [5.41, 5.74) is 4.90. The van der Waals surface area contributed by atoms with E-state index in [9.17, 15) is 4.79 Å². The molecule has 0 aliphatic rings. The van der Waals surface area contributed by atoms with E-state index in [2.05, 4.69) is 25.6 Å². The number of benzene rings is 1. The lowest BCUT2D eigenvalue weighted by molar-refractivity contribution is 0.187. The number of nitrogens with one attached hydrogen (secondary N) is 3. The smallest absolute Gasteiger partial charge is 0.411 e. The standard InChI is InChI=1S/C14H18N4O2/c1-9-13(10(2)18-17-9)8-15-11-4-6-12(7-5-11)16-14(19)20-3/h4-7,15H,8H2,1-3H3,(H,16,19)(H,17,18). The predicted molar refractivity (Wildman–Crippen MR) is 77.9 cm³/mol. The van der Waals surface area contributed by atoms with Crippen LogP contribution in [-0.4, -0.2) is 23.4 Å². The molecular formula is C14H18N4O2. The van der Waals surface area contributed by atoms with E-state index >= 15 is 0 Å². The van der Waals surface area contributed by atoms with Gasteiger partial charge in [-0.05, 0) is 38.1 Å². The molecule has 0 fully saturated rings. The van der Waals surface area contributed by atoms with Crippen LogP contribution in [-0.2, 0) is 11.3 Å². The van der Waals surface area contributed by atoms with E-state index < -0.39 is 6.09 Å². The topological polar surface area (TPSA) is 79.0 Å². The zero-order chi connectivity index (χ0) is 14.5. The second-order valence-electron chi connectivity index (χ2n) is 4.46. The van der Waals surface area contributed by atoms with Gasteiger partial charge in [0.05, 0.1) is 12.8 Å². The third-order valence-corrected chi connectivity index (χ3v) is 3.07. The van der Waals surface area contributed by atoms with Crippen LogP contribution in [0.15, 0.2) is 24.3 Å². The van der Waals surface area contributed by atoms with Crippen molar-refractivity contribution in [3.63, 3.8) is 0 Å². The van der Waals surface area contributed by atoms with Crippen molar-refractivity contribution in [2.45, 2.75) is 20.4 Å². The molecule has 1 aromatic carbocycles. The highest BCUT2D eigenvalue weighted by Crippen LogP contribution is 2.16. The van der Waals surface area contributed by atoms with Gasteiger partial charge in [-0.15, -0.1) is 0 Å². The van der Waals surface area contributed by atoms with Crippen LogP contribution in [0.25, 0.3) is 0 Å². The Morgan fingerprint density at radius 1 is 1.25 bits per heavy atom. The maximum Gasteiger partial charge on any atom is 0.411 e. The number of ether oxygens (including phenoxy) is 1. The largest absolute Gasteiger partial charge is 0.453 e. The average Bonchev–Trinajstić information content (AvgIpc) is 2.77. The van der Waals surface area contributed by atoms with Gasteiger partial charge in [-0.25, -0.2) is 4.79 Å². The highest BCUT2D eigenvalue weighted by molar-refractivity contribution is 5.84. The average molecular weight is 274 g/mol. The van der Waals surface area contributed by atoms with Crippen LogP contribution in [0.5, 0.6) is 0 Å². The zero-order valence-electron chi connectivity index (χ0n) is 11.8. The number of nitrogens with zero attached hydrogens (tertiary/aromatic N) is 1. The quantitative estimate of drug-likeness (QED) is 0.801. The Hall–Kier alpha value is -2.50. The van der Waals surface area contributed by atoms with Crippen molar-refractivity contribution in [1.29, 1.82) is 0 Å². The minimum Gasteiger partial charge on any atom is -0.453 e. The lowest BCUT2D eigenvalue weighted by Gasteiger charge is -2.08. The second kappa shape index (κ2) is 6.10. The highest BCUT2D eigenvalue weighted by atomic mass is 16.5. The number of H-pyrrole nitrogens is 1. The van der Waals surface area contributed by atoms with Gasteiger partial charge in [-0.2, -0.15) is 5.10 Å². The fraction of sp³-hybridized carbons (Fsp3) is 0.286. The second-order valence-corrected chi connectivity index (χ2v) is 4.46. The van der Waals surface area contributed by atoms with Crippen LogP contribution in [0.1, 0.15) is 17.0 Å². The van der Waals surface area contributed by atoms with E-state index in [0.717, 1.165) is 17.1 Å². The first-order valence-electron chi connectivity index (χ1n) is 6.29. The van der Waals surface area contributed by atoms with Crippen molar-refractivity contribution in [1.82, 2.24) is 10.2 Å². The molecule has 1 heterocycles. The van der Waals surface area contributed by atoms with Gasteiger partial charge in [0.25, 0.3) is 0 Å². The van der Waals surface area contributed by atoms with E-state index in [4.69, 9.17) is 0 Å². The van der Waals surface area contributed by atoms with Crippen LogP contribution < -0.4 is 10.6 Å². The first kappa shape index (κ1) is 13.9. The molecule has 6 heteroatoms. The van der Waals surface area contributed by atoms with Crippen LogP contribution in [0.4, 0.5) is 16.2 Å². The van der Waals surface area contributed by atoms with Gasteiger partial charge in [0.1, 0.15) is 0 Å². The molecule has 0 aliphatic heterocycles. The Kier molecular flexibility index (Phi) is 4.24. The maximum atomic E-state index is 11.1. The number of amides is 1. The number of carbonyl (C=O) groups is 1. The zero-order valence-corrected chi connectivity index (χ0v) is 11.8. The number of aromatic amines is 1. The SMILES string of the molecule is COC(=O)Nc1ccc(NCc2c(C)n[nH]c2C)cc1. The molecule has 1 aromatic heterocycles. The van der Waals surface area contributed by atoms with Crippen molar-refractivity contribution in [3.8, 4) is 0 Å². The van der Waals surface area contributed by atoms with Crippen LogP contribution in [0, 0.1) is 13.8 Å². The molecule has 3 N–H and O–H groups in total. The van der Waals surface area contributed by atoms with Gasteiger partial charge in [0.2, 0.25) is 0 Å². The van der Waals surface area contributed by atoms with Gasteiger partial charge in [-0.1, -0.05) is 0 Å². The Bertz CT molecular complexity index is 570. The Morgan fingerprint density at radius 2 is 1.90 bits per heavy atom. The van der Waals surface area contributed by atoms with Crippen LogP contribution >= 0.6 is 0 Å². The van der Waals surface area contributed by atoms with Crippen LogP contribution in [0.3, 0.4) is 0 Å².